The second kappa shape index (κ2) is 12.6. The number of H-pyrrole nitrogens is 1. The third kappa shape index (κ3) is 7.08. The van der Waals surface area contributed by atoms with Gasteiger partial charge in [0.15, 0.2) is 5.82 Å². The van der Waals surface area contributed by atoms with Crippen molar-refractivity contribution in [2.24, 2.45) is 7.05 Å². The molecule has 4 heterocycles. The topological polar surface area (TPSA) is 158 Å². The van der Waals surface area contributed by atoms with Crippen molar-refractivity contribution in [3.05, 3.63) is 59.0 Å². The Hall–Kier alpha value is -4.73. The standard InChI is InChI=1S/C25H27F3N8O5/c1-35-14-15(11-33-35)19-13-31-20(30-7-3-4-9-40-2)22(38)36(19)23(41-24(39)25(26,27)28)21(37)32-12-16-10-18-17(34-16)6-5-8-29-18/h5-6,8,10-11,13-14,23,34H,3-4,7,9,12H2,1-2H3,(H,30,31)(H,32,37). The Morgan fingerprint density at radius 3 is 2.68 bits per heavy atom. The summed E-state index contributed by atoms with van der Waals surface area (Å²) in [5.74, 6) is -4.08. The van der Waals surface area contributed by atoms with Gasteiger partial charge in [-0.05, 0) is 31.0 Å². The van der Waals surface area contributed by atoms with Gasteiger partial charge in [0.25, 0.3) is 17.7 Å². The molecule has 4 aromatic rings. The summed E-state index contributed by atoms with van der Waals surface area (Å²) >= 11 is 0. The zero-order valence-electron chi connectivity index (χ0n) is 22.1. The molecule has 4 aromatic heterocycles. The highest BCUT2D eigenvalue weighted by Gasteiger charge is 2.44. The number of rotatable bonds is 12. The Morgan fingerprint density at radius 1 is 1.20 bits per heavy atom. The normalized spacial score (nSPS) is 12.3. The van der Waals surface area contributed by atoms with E-state index in [0.717, 1.165) is 0 Å². The van der Waals surface area contributed by atoms with Gasteiger partial charge < -0.3 is 25.1 Å². The first-order valence-corrected chi connectivity index (χ1v) is 12.4. The van der Waals surface area contributed by atoms with Gasteiger partial charge in [-0.15, -0.1) is 0 Å². The number of hydrogen-bond donors (Lipinski definition) is 3. The van der Waals surface area contributed by atoms with Gasteiger partial charge in [-0.2, -0.15) is 18.3 Å². The smallest absolute Gasteiger partial charge is 0.425 e. The molecule has 0 aliphatic carbocycles. The second-order valence-electron chi connectivity index (χ2n) is 8.90. The van der Waals surface area contributed by atoms with Crippen LogP contribution >= 0.6 is 0 Å². The SMILES string of the molecule is COCCCCNc1ncc(-c2cnn(C)c2)n(C(OC(=O)C(F)(F)F)C(=O)NCc2cc3ncccc3[nH]2)c1=O. The van der Waals surface area contributed by atoms with Crippen LogP contribution in [0.5, 0.6) is 0 Å². The number of esters is 1. The number of carbonyl (C=O) groups excluding carboxylic acids is 2. The van der Waals surface area contributed by atoms with E-state index in [9.17, 15) is 27.6 Å². The van der Waals surface area contributed by atoms with E-state index in [1.54, 1.807) is 38.6 Å². The molecule has 41 heavy (non-hydrogen) atoms. The molecule has 0 bridgehead atoms. The first kappa shape index (κ1) is 29.3. The van der Waals surface area contributed by atoms with Gasteiger partial charge in [-0.3, -0.25) is 23.8 Å². The third-order valence-corrected chi connectivity index (χ3v) is 5.87. The number of amides is 1. The summed E-state index contributed by atoms with van der Waals surface area (Å²) < 4.78 is 51.5. The molecule has 13 nitrogen and oxygen atoms in total. The first-order chi connectivity index (χ1) is 19.6. The van der Waals surface area contributed by atoms with E-state index in [-0.39, 0.29) is 30.2 Å². The number of hydrogen-bond acceptors (Lipinski definition) is 9. The highest BCUT2D eigenvalue weighted by Crippen LogP contribution is 2.25. The quantitative estimate of drug-likeness (QED) is 0.170. The van der Waals surface area contributed by atoms with Crippen molar-refractivity contribution in [2.45, 2.75) is 31.8 Å². The number of nitrogens with one attached hydrogen (secondary N) is 3. The summed E-state index contributed by atoms with van der Waals surface area (Å²) in [6, 6.07) is 5.09. The van der Waals surface area contributed by atoms with E-state index in [1.165, 1.54) is 23.3 Å². The second-order valence-corrected chi connectivity index (χ2v) is 8.90. The predicted octanol–water partition coefficient (Wildman–Crippen LogP) is 2.28. The lowest BCUT2D eigenvalue weighted by Gasteiger charge is -2.23. The van der Waals surface area contributed by atoms with Crippen molar-refractivity contribution < 1.29 is 32.2 Å². The fourth-order valence-corrected chi connectivity index (χ4v) is 3.93. The third-order valence-electron chi connectivity index (χ3n) is 5.87. The molecule has 0 radical (unpaired) electrons. The van der Waals surface area contributed by atoms with Crippen LogP contribution in [-0.4, -0.2) is 67.6 Å². The first-order valence-electron chi connectivity index (χ1n) is 12.4. The minimum Gasteiger partial charge on any atom is -0.425 e. The Labute approximate surface area is 230 Å². The molecule has 0 aliphatic rings. The van der Waals surface area contributed by atoms with Crippen LogP contribution < -0.4 is 16.2 Å². The molecule has 1 atom stereocenters. The summed E-state index contributed by atoms with van der Waals surface area (Å²) in [5, 5.41) is 9.27. The maximum Gasteiger partial charge on any atom is 0.491 e. The van der Waals surface area contributed by atoms with Crippen molar-refractivity contribution in [3.8, 4) is 11.3 Å². The van der Waals surface area contributed by atoms with Crippen LogP contribution in [0.15, 0.2) is 47.8 Å². The van der Waals surface area contributed by atoms with E-state index in [1.807, 2.05) is 0 Å². The number of halogens is 3. The van der Waals surface area contributed by atoms with Gasteiger partial charge in [0, 0.05) is 51.0 Å². The highest BCUT2D eigenvalue weighted by atomic mass is 19.4. The number of unbranched alkanes of at least 4 members (excludes halogenated alkanes) is 1. The van der Waals surface area contributed by atoms with E-state index < -0.39 is 29.8 Å². The molecule has 1 unspecified atom stereocenters. The molecule has 3 N–H and O–H groups in total. The van der Waals surface area contributed by atoms with Gasteiger partial charge in [0.05, 0.1) is 35.7 Å². The Kier molecular flexibility index (Phi) is 9.01. The van der Waals surface area contributed by atoms with Gasteiger partial charge in [0.2, 0.25) is 0 Å². The Morgan fingerprint density at radius 2 is 2.00 bits per heavy atom. The van der Waals surface area contributed by atoms with Crippen LogP contribution in [0.2, 0.25) is 0 Å². The van der Waals surface area contributed by atoms with Gasteiger partial charge in [-0.1, -0.05) is 0 Å². The molecule has 0 fully saturated rings. The van der Waals surface area contributed by atoms with Crippen LogP contribution in [0.3, 0.4) is 0 Å². The van der Waals surface area contributed by atoms with E-state index in [4.69, 9.17) is 4.74 Å². The Balaban J connectivity index is 1.71. The molecule has 0 spiro atoms. The van der Waals surface area contributed by atoms with Gasteiger partial charge >= 0.3 is 12.1 Å². The number of pyridine rings is 1. The number of fused-ring (bicyclic) bond motifs is 1. The molecule has 218 valence electrons. The van der Waals surface area contributed by atoms with Crippen LogP contribution in [-0.2, 0) is 32.7 Å². The fraction of sp³-hybridized carbons (Fsp3) is 0.360. The lowest BCUT2D eigenvalue weighted by atomic mass is 10.2. The number of aromatic nitrogens is 6. The van der Waals surface area contributed by atoms with E-state index in [2.05, 4.69) is 35.4 Å². The number of nitrogens with zero attached hydrogens (tertiary/aromatic N) is 5. The summed E-state index contributed by atoms with van der Waals surface area (Å²) in [6.07, 6.45) is -0.980. The lowest BCUT2D eigenvalue weighted by Crippen LogP contribution is -2.43. The number of anilines is 1. The monoisotopic (exact) mass is 576 g/mol. The fourth-order valence-electron chi connectivity index (χ4n) is 3.93. The molecule has 16 heteroatoms. The number of aryl methyl sites for hydroxylation is 1. The molecule has 1 amide bonds. The van der Waals surface area contributed by atoms with Crippen LogP contribution in [0.1, 0.15) is 24.8 Å². The summed E-state index contributed by atoms with van der Waals surface area (Å²) in [6.45, 7) is 0.578. The van der Waals surface area contributed by atoms with Gasteiger partial charge in [-0.25, -0.2) is 9.78 Å². The number of ether oxygens (including phenoxy) is 2. The minimum atomic E-state index is -5.44. The van der Waals surface area contributed by atoms with E-state index >= 15 is 0 Å². The molecule has 0 aliphatic heterocycles. The van der Waals surface area contributed by atoms with Crippen LogP contribution in [0, 0.1) is 0 Å². The lowest BCUT2D eigenvalue weighted by molar-refractivity contribution is -0.209. The zero-order chi connectivity index (χ0) is 29.6. The number of methoxy groups -OCH3 is 1. The van der Waals surface area contributed by atoms with Crippen LogP contribution in [0.4, 0.5) is 19.0 Å². The van der Waals surface area contributed by atoms with Crippen molar-refractivity contribution >= 4 is 28.7 Å². The predicted molar refractivity (Wildman–Crippen MR) is 139 cm³/mol. The molecular formula is C25H27F3N8O5. The van der Waals surface area contributed by atoms with Gasteiger partial charge in [0.1, 0.15) is 0 Å². The minimum absolute atomic E-state index is 0.0991. The molecule has 0 saturated heterocycles. The average molecular weight is 577 g/mol. The van der Waals surface area contributed by atoms with Crippen molar-refractivity contribution in [1.82, 2.24) is 34.6 Å². The van der Waals surface area contributed by atoms with E-state index in [0.29, 0.717) is 40.7 Å². The van der Waals surface area contributed by atoms with Crippen molar-refractivity contribution in [2.75, 3.05) is 25.6 Å². The largest absolute Gasteiger partial charge is 0.491 e. The summed E-state index contributed by atoms with van der Waals surface area (Å²) in [5.41, 5.74) is 0.901. The van der Waals surface area contributed by atoms with Crippen molar-refractivity contribution in [1.29, 1.82) is 0 Å². The molecular weight excluding hydrogens is 549 g/mol. The molecule has 4 rings (SSSR count). The number of aromatic amines is 1. The van der Waals surface area contributed by atoms with Crippen LogP contribution in [0.25, 0.3) is 22.3 Å². The maximum absolute atomic E-state index is 13.6. The summed E-state index contributed by atoms with van der Waals surface area (Å²) in [7, 11) is 3.13. The summed E-state index contributed by atoms with van der Waals surface area (Å²) in [4.78, 5) is 50.2. The highest BCUT2D eigenvalue weighted by molar-refractivity contribution is 5.84. The molecule has 0 saturated carbocycles. The number of carbonyl (C=O) groups is 2. The Bertz CT molecular complexity index is 1550. The average Bonchev–Trinajstić information content (AvgIpc) is 3.56. The van der Waals surface area contributed by atoms with Crippen molar-refractivity contribution in [3.63, 3.8) is 0 Å². The maximum atomic E-state index is 13.6. The molecule has 0 aromatic carbocycles. The zero-order valence-corrected chi connectivity index (χ0v) is 22.1. The number of alkyl halides is 3.